The molecule has 0 spiro atoms. The number of nitrogens with zero attached hydrogens (tertiary/aromatic N) is 3. The van der Waals surface area contributed by atoms with Crippen LogP contribution in [0.1, 0.15) is 115 Å². The van der Waals surface area contributed by atoms with Gasteiger partial charge in [0.2, 0.25) is 17.1 Å². The molecule has 1 saturated carbocycles. The van der Waals surface area contributed by atoms with Crippen molar-refractivity contribution in [1.82, 2.24) is 0 Å². The van der Waals surface area contributed by atoms with Gasteiger partial charge in [0.15, 0.2) is 5.41 Å². The first kappa shape index (κ1) is 28.9. The van der Waals surface area contributed by atoms with E-state index in [-0.39, 0.29) is 5.90 Å². The van der Waals surface area contributed by atoms with Crippen molar-refractivity contribution < 1.29 is 14.2 Å². The molecule has 7 heteroatoms. The summed E-state index contributed by atoms with van der Waals surface area (Å²) in [5, 5.41) is 40.8. The van der Waals surface area contributed by atoms with E-state index in [2.05, 4.69) is 25.1 Å². The van der Waals surface area contributed by atoms with Crippen LogP contribution in [0.2, 0.25) is 0 Å². The van der Waals surface area contributed by atoms with Crippen LogP contribution in [0.25, 0.3) is 0 Å². The maximum atomic E-state index is 10.7. The molecule has 1 aromatic carbocycles. The third-order valence-electron chi connectivity index (χ3n) is 9.02. The SMILES string of the molecule is CCCCCCCOc1ccc(C2OC34CCCCCCCCCCC3C(C#N)(C(=N)O4)C2(C#N)C#N)cc1. The van der Waals surface area contributed by atoms with Crippen LogP contribution < -0.4 is 4.74 Å². The summed E-state index contributed by atoms with van der Waals surface area (Å²) in [6.45, 7) is 2.83. The molecule has 7 nitrogen and oxygen atoms in total. The van der Waals surface area contributed by atoms with Gasteiger partial charge in [0.1, 0.15) is 11.9 Å². The van der Waals surface area contributed by atoms with E-state index in [1.165, 1.54) is 32.1 Å². The molecule has 4 atom stereocenters. The van der Waals surface area contributed by atoms with Crippen LogP contribution in [-0.4, -0.2) is 18.3 Å². The first-order valence-electron chi connectivity index (χ1n) is 15.0. The van der Waals surface area contributed by atoms with Crippen LogP contribution in [-0.2, 0) is 9.47 Å². The molecule has 208 valence electrons. The van der Waals surface area contributed by atoms with Crippen LogP contribution in [0.3, 0.4) is 0 Å². The van der Waals surface area contributed by atoms with Gasteiger partial charge < -0.3 is 14.2 Å². The number of rotatable bonds is 8. The van der Waals surface area contributed by atoms with E-state index >= 15 is 0 Å². The van der Waals surface area contributed by atoms with Gasteiger partial charge in [0.25, 0.3) is 0 Å². The molecule has 3 fully saturated rings. The van der Waals surface area contributed by atoms with Crippen molar-refractivity contribution in [3.63, 3.8) is 0 Å². The smallest absolute Gasteiger partial charge is 0.217 e. The molecule has 3 aliphatic rings. The Morgan fingerprint density at radius 2 is 1.51 bits per heavy atom. The van der Waals surface area contributed by atoms with Crippen LogP contribution >= 0.6 is 0 Å². The van der Waals surface area contributed by atoms with Crippen molar-refractivity contribution in [2.45, 2.75) is 115 Å². The normalized spacial score (nSPS) is 30.3. The summed E-state index contributed by atoms with van der Waals surface area (Å²) in [6, 6.07) is 14.0. The Kier molecular flexibility index (Phi) is 9.53. The number of ether oxygens (including phenoxy) is 3. The van der Waals surface area contributed by atoms with Crippen molar-refractivity contribution in [2.24, 2.45) is 16.7 Å². The third-order valence-corrected chi connectivity index (χ3v) is 9.02. The first-order valence-corrected chi connectivity index (χ1v) is 15.0. The Bertz CT molecular complexity index is 1100. The maximum absolute atomic E-state index is 10.7. The Balaban J connectivity index is 1.65. The summed E-state index contributed by atoms with van der Waals surface area (Å²) in [4.78, 5) is 0. The second kappa shape index (κ2) is 12.8. The van der Waals surface area contributed by atoms with Gasteiger partial charge in [-0.2, -0.15) is 15.8 Å². The van der Waals surface area contributed by atoms with E-state index in [4.69, 9.17) is 19.6 Å². The van der Waals surface area contributed by atoms with E-state index in [1.54, 1.807) is 0 Å². The van der Waals surface area contributed by atoms with Gasteiger partial charge >= 0.3 is 0 Å². The zero-order valence-electron chi connectivity index (χ0n) is 23.3. The lowest BCUT2D eigenvalue weighted by atomic mass is 9.52. The minimum atomic E-state index is -1.91. The van der Waals surface area contributed by atoms with E-state index < -0.39 is 28.6 Å². The first-order chi connectivity index (χ1) is 19.0. The zero-order valence-corrected chi connectivity index (χ0v) is 23.3. The van der Waals surface area contributed by atoms with Crippen LogP contribution in [0.15, 0.2) is 24.3 Å². The molecular weight excluding hydrogens is 488 g/mol. The lowest BCUT2D eigenvalue weighted by Gasteiger charge is -2.50. The lowest BCUT2D eigenvalue weighted by Crippen LogP contribution is -2.59. The summed E-state index contributed by atoms with van der Waals surface area (Å²) in [6.07, 6.45) is 14.3. The highest BCUT2D eigenvalue weighted by Gasteiger charge is 2.79. The minimum absolute atomic E-state index is 0.293. The van der Waals surface area contributed by atoms with Gasteiger partial charge in [0, 0.05) is 6.42 Å². The van der Waals surface area contributed by atoms with Gasteiger partial charge in [-0.3, -0.25) is 5.41 Å². The molecule has 2 aliphatic heterocycles. The number of nitrogens with one attached hydrogen (secondary N) is 1. The molecule has 4 unspecified atom stereocenters. The highest BCUT2D eigenvalue weighted by Crippen LogP contribution is 2.68. The fourth-order valence-electron chi connectivity index (χ4n) is 6.86. The predicted molar refractivity (Wildman–Crippen MR) is 147 cm³/mol. The average molecular weight is 531 g/mol. The Labute approximate surface area is 233 Å². The number of unbranched alkanes of at least 4 members (excludes halogenated alkanes) is 4. The number of benzene rings is 1. The summed E-state index contributed by atoms with van der Waals surface area (Å²) in [5.41, 5.74) is -2.99. The van der Waals surface area contributed by atoms with Gasteiger partial charge in [-0.15, -0.1) is 0 Å². The second-order valence-corrected chi connectivity index (χ2v) is 11.4. The summed E-state index contributed by atoms with van der Waals surface area (Å²) >= 11 is 0. The Morgan fingerprint density at radius 3 is 2.15 bits per heavy atom. The van der Waals surface area contributed by atoms with Gasteiger partial charge in [-0.25, -0.2) is 0 Å². The Hall–Kier alpha value is -3.08. The molecule has 0 amide bonds. The van der Waals surface area contributed by atoms with Crippen molar-refractivity contribution in [3.05, 3.63) is 29.8 Å². The largest absolute Gasteiger partial charge is 0.494 e. The summed E-state index contributed by atoms with van der Waals surface area (Å²) < 4.78 is 18.9. The van der Waals surface area contributed by atoms with Crippen molar-refractivity contribution in [3.8, 4) is 24.0 Å². The molecule has 0 aromatic heterocycles. The van der Waals surface area contributed by atoms with E-state index in [1.807, 2.05) is 24.3 Å². The summed E-state index contributed by atoms with van der Waals surface area (Å²) in [5.74, 6) is -1.32. The van der Waals surface area contributed by atoms with Gasteiger partial charge in [0.05, 0.1) is 30.7 Å². The predicted octanol–water partition coefficient (Wildman–Crippen LogP) is 7.89. The topological polar surface area (TPSA) is 123 Å². The number of hydrogen-bond acceptors (Lipinski definition) is 7. The molecule has 2 saturated heterocycles. The van der Waals surface area contributed by atoms with Crippen molar-refractivity contribution >= 4 is 5.90 Å². The average Bonchev–Trinajstić information content (AvgIpc) is 3.13. The maximum Gasteiger partial charge on any atom is 0.217 e. The Morgan fingerprint density at radius 1 is 0.872 bits per heavy atom. The summed E-state index contributed by atoms with van der Waals surface area (Å²) in [7, 11) is 0. The highest BCUT2D eigenvalue weighted by atomic mass is 16.7. The molecule has 39 heavy (non-hydrogen) atoms. The van der Waals surface area contributed by atoms with E-state index in [9.17, 15) is 15.8 Å². The molecule has 4 rings (SSSR count). The molecule has 1 aliphatic carbocycles. The molecule has 2 bridgehead atoms. The van der Waals surface area contributed by atoms with Crippen molar-refractivity contribution in [1.29, 1.82) is 21.2 Å². The highest BCUT2D eigenvalue weighted by molar-refractivity contribution is 5.89. The van der Waals surface area contributed by atoms with Crippen LogP contribution in [0, 0.1) is 56.2 Å². The van der Waals surface area contributed by atoms with Crippen molar-refractivity contribution in [2.75, 3.05) is 6.61 Å². The standard InChI is InChI=1S/C32H42N4O3/c1-2-3-4-11-14-21-37-26-18-16-25(17-19-26)28-30(22-33,23-34)31(24-35)27-15-12-9-7-5-6-8-10-13-20-32(27,38-28)39-29(31)36/h16-19,27-28,36H,2-15,20-21H2,1H3. The second-order valence-electron chi connectivity index (χ2n) is 11.4. The molecule has 2 heterocycles. The molecular formula is C32H42N4O3. The third kappa shape index (κ3) is 5.25. The van der Waals surface area contributed by atoms with Crippen LogP contribution in [0.4, 0.5) is 0 Å². The fourth-order valence-corrected chi connectivity index (χ4v) is 6.86. The molecule has 0 radical (unpaired) electrons. The van der Waals surface area contributed by atoms with Gasteiger partial charge in [-0.05, 0) is 37.0 Å². The quantitative estimate of drug-likeness (QED) is 0.341. The zero-order chi connectivity index (χ0) is 27.8. The molecule has 1 N–H and O–H groups in total. The monoisotopic (exact) mass is 530 g/mol. The number of hydrogen-bond donors (Lipinski definition) is 1. The molecule has 1 aromatic rings. The minimum Gasteiger partial charge on any atom is -0.494 e. The van der Waals surface area contributed by atoms with Gasteiger partial charge in [-0.1, -0.05) is 89.7 Å². The van der Waals surface area contributed by atoms with E-state index in [0.717, 1.165) is 51.4 Å². The fraction of sp³-hybridized carbons (Fsp3) is 0.688. The van der Waals surface area contributed by atoms with Crippen LogP contribution in [0.5, 0.6) is 5.75 Å². The lowest BCUT2D eigenvalue weighted by molar-refractivity contribution is -0.287. The number of nitriles is 3. The van der Waals surface area contributed by atoms with E-state index in [0.29, 0.717) is 30.8 Å².